The van der Waals surface area contributed by atoms with Gasteiger partial charge in [0.25, 0.3) is 5.91 Å². The van der Waals surface area contributed by atoms with Crippen molar-refractivity contribution in [2.75, 3.05) is 23.7 Å². The van der Waals surface area contributed by atoms with Gasteiger partial charge < -0.3 is 16.0 Å². The molecule has 2 heterocycles. The molecule has 0 unspecified atom stereocenters. The quantitative estimate of drug-likeness (QED) is 0.310. The fraction of sp³-hybridized carbons (Fsp3) is 0.200. The topological polar surface area (TPSA) is 91.8 Å². The lowest BCUT2D eigenvalue weighted by Gasteiger charge is -2.13. The molecule has 0 radical (unpaired) electrons. The van der Waals surface area contributed by atoms with Crippen LogP contribution in [0, 0.1) is 13.8 Å². The minimum atomic E-state index is -0.147. The van der Waals surface area contributed by atoms with Gasteiger partial charge in [0, 0.05) is 46.8 Å². The number of carbonyl (C=O) groups is 1. The second-order valence-electron chi connectivity index (χ2n) is 7.70. The van der Waals surface area contributed by atoms with Crippen molar-refractivity contribution in [3.8, 4) is 0 Å². The molecule has 0 saturated carbocycles. The molecule has 4 aromatic rings. The number of hydrogen-bond donors (Lipinski definition) is 3. The van der Waals surface area contributed by atoms with Crippen molar-refractivity contribution in [3.05, 3.63) is 82.8 Å². The fourth-order valence-corrected chi connectivity index (χ4v) is 3.74. The van der Waals surface area contributed by atoms with Crippen LogP contribution in [0.5, 0.6) is 0 Å². The van der Waals surface area contributed by atoms with Crippen molar-refractivity contribution in [1.29, 1.82) is 0 Å². The van der Waals surface area contributed by atoms with E-state index in [1.807, 2.05) is 62.4 Å². The molecule has 1 amide bonds. The highest BCUT2D eigenvalue weighted by Gasteiger charge is 2.12. The lowest BCUT2D eigenvalue weighted by atomic mass is 10.1. The first-order valence-electron chi connectivity index (χ1n) is 10.7. The minimum absolute atomic E-state index is 0.147. The van der Waals surface area contributed by atoms with Crippen molar-refractivity contribution >= 4 is 45.7 Å². The molecule has 0 saturated heterocycles. The minimum Gasteiger partial charge on any atom is -0.384 e. The molecule has 4 rings (SSSR count). The highest BCUT2D eigenvalue weighted by Crippen LogP contribution is 2.24. The van der Waals surface area contributed by atoms with Crippen molar-refractivity contribution in [2.45, 2.75) is 20.3 Å². The third-order valence-corrected chi connectivity index (χ3v) is 5.29. The van der Waals surface area contributed by atoms with E-state index in [0.717, 1.165) is 34.4 Å². The van der Waals surface area contributed by atoms with E-state index in [-0.39, 0.29) is 5.91 Å². The van der Waals surface area contributed by atoms with Crippen LogP contribution in [0.25, 0.3) is 10.9 Å². The highest BCUT2D eigenvalue weighted by atomic mass is 35.5. The van der Waals surface area contributed by atoms with E-state index in [9.17, 15) is 4.79 Å². The zero-order valence-electron chi connectivity index (χ0n) is 18.5. The number of amides is 1. The van der Waals surface area contributed by atoms with E-state index in [1.165, 1.54) is 0 Å². The number of hydrogen-bond acceptors (Lipinski definition) is 6. The summed E-state index contributed by atoms with van der Waals surface area (Å²) in [6.07, 6.45) is 2.52. The Kier molecular flexibility index (Phi) is 7.00. The smallest absolute Gasteiger partial charge is 0.253 e. The Morgan fingerprint density at radius 1 is 0.939 bits per heavy atom. The Balaban J connectivity index is 1.33. The number of carbonyl (C=O) groups excluding carboxylic acids is 1. The first kappa shape index (κ1) is 22.5. The van der Waals surface area contributed by atoms with Crippen LogP contribution in [0.4, 0.5) is 17.3 Å². The molecule has 0 spiro atoms. The molecule has 0 aliphatic rings. The van der Waals surface area contributed by atoms with Crippen LogP contribution in [0.1, 0.15) is 28.2 Å². The van der Waals surface area contributed by atoms with Gasteiger partial charge in [0.2, 0.25) is 5.95 Å². The third kappa shape index (κ3) is 5.75. The summed E-state index contributed by atoms with van der Waals surface area (Å²) in [5.74, 6) is 0.328. The van der Waals surface area contributed by atoms with Gasteiger partial charge in [0.1, 0.15) is 0 Å². The first-order valence-corrected chi connectivity index (χ1v) is 11.1. The number of anilines is 3. The van der Waals surface area contributed by atoms with E-state index in [4.69, 9.17) is 11.6 Å². The Hall–Kier alpha value is -3.71. The summed E-state index contributed by atoms with van der Waals surface area (Å²) in [5.41, 5.74) is 4.78. The molecular formula is C25H25ClN6O. The van der Waals surface area contributed by atoms with Gasteiger partial charge >= 0.3 is 0 Å². The lowest BCUT2D eigenvalue weighted by Crippen LogP contribution is -2.26. The summed E-state index contributed by atoms with van der Waals surface area (Å²) in [7, 11) is 0. The Morgan fingerprint density at radius 2 is 1.73 bits per heavy atom. The van der Waals surface area contributed by atoms with E-state index >= 15 is 0 Å². The molecule has 0 aliphatic heterocycles. The number of nitrogens with one attached hydrogen (secondary N) is 3. The molecule has 0 bridgehead atoms. The molecule has 3 N–H and O–H groups in total. The van der Waals surface area contributed by atoms with Gasteiger partial charge in [-0.1, -0.05) is 23.7 Å². The highest BCUT2D eigenvalue weighted by molar-refractivity contribution is 6.31. The lowest BCUT2D eigenvalue weighted by molar-refractivity contribution is 0.0954. The number of aryl methyl sites for hydroxylation is 2. The summed E-state index contributed by atoms with van der Waals surface area (Å²) in [6.45, 7) is 5.07. The second kappa shape index (κ2) is 10.3. The van der Waals surface area contributed by atoms with Gasteiger partial charge in [0.05, 0.1) is 16.8 Å². The van der Waals surface area contributed by atoms with Crippen LogP contribution < -0.4 is 16.0 Å². The van der Waals surface area contributed by atoms with Gasteiger partial charge in [-0.25, -0.2) is 9.97 Å². The number of para-hydroxylation sites is 1. The van der Waals surface area contributed by atoms with Crippen LogP contribution in [-0.2, 0) is 0 Å². The van der Waals surface area contributed by atoms with Crippen LogP contribution in [0.2, 0.25) is 5.02 Å². The Labute approximate surface area is 197 Å². The maximum atomic E-state index is 12.8. The summed E-state index contributed by atoms with van der Waals surface area (Å²) in [5, 5.41) is 11.2. The van der Waals surface area contributed by atoms with Gasteiger partial charge in [-0.15, -0.1) is 0 Å². The zero-order valence-corrected chi connectivity index (χ0v) is 19.3. The van der Waals surface area contributed by atoms with Crippen molar-refractivity contribution in [2.24, 2.45) is 0 Å². The molecule has 0 atom stereocenters. The zero-order chi connectivity index (χ0) is 23.2. The van der Waals surface area contributed by atoms with Crippen molar-refractivity contribution in [1.82, 2.24) is 20.3 Å². The van der Waals surface area contributed by atoms with Crippen molar-refractivity contribution in [3.63, 3.8) is 0 Å². The number of pyridine rings is 1. The first-order chi connectivity index (χ1) is 16.0. The molecule has 2 aromatic carbocycles. The largest absolute Gasteiger partial charge is 0.384 e. The van der Waals surface area contributed by atoms with Gasteiger partial charge in [-0.05, 0) is 62.7 Å². The number of fused-ring (bicyclic) bond motifs is 1. The SMILES string of the molecule is Cc1cc(C)nc(Nc2ccccc2C(=O)NCCCNc2ccnc3cc(Cl)ccc23)n1. The summed E-state index contributed by atoms with van der Waals surface area (Å²) >= 11 is 6.05. The summed E-state index contributed by atoms with van der Waals surface area (Å²) < 4.78 is 0. The average molecular weight is 461 g/mol. The number of benzene rings is 2. The maximum absolute atomic E-state index is 12.8. The second-order valence-corrected chi connectivity index (χ2v) is 8.14. The molecule has 2 aromatic heterocycles. The Bertz CT molecular complexity index is 1270. The Morgan fingerprint density at radius 3 is 2.55 bits per heavy atom. The van der Waals surface area contributed by atoms with E-state index in [2.05, 4.69) is 30.9 Å². The number of nitrogens with zero attached hydrogens (tertiary/aromatic N) is 3. The monoisotopic (exact) mass is 460 g/mol. The predicted octanol–water partition coefficient (Wildman–Crippen LogP) is 5.27. The number of aromatic nitrogens is 3. The molecule has 168 valence electrons. The van der Waals surface area contributed by atoms with Gasteiger partial charge in [-0.2, -0.15) is 0 Å². The van der Waals surface area contributed by atoms with Crippen LogP contribution in [0.15, 0.2) is 60.8 Å². The van der Waals surface area contributed by atoms with E-state index in [0.29, 0.717) is 35.3 Å². The number of rotatable bonds is 8. The average Bonchev–Trinajstić information content (AvgIpc) is 2.78. The maximum Gasteiger partial charge on any atom is 0.253 e. The molecule has 0 fully saturated rings. The van der Waals surface area contributed by atoms with Crippen molar-refractivity contribution < 1.29 is 4.79 Å². The molecule has 8 heteroatoms. The normalized spacial score (nSPS) is 10.8. The predicted molar refractivity (Wildman–Crippen MR) is 133 cm³/mol. The molecular weight excluding hydrogens is 436 g/mol. The molecule has 33 heavy (non-hydrogen) atoms. The summed E-state index contributed by atoms with van der Waals surface area (Å²) in [4.78, 5) is 25.9. The molecule has 7 nitrogen and oxygen atoms in total. The molecule has 0 aliphatic carbocycles. The van der Waals surface area contributed by atoms with Crippen LogP contribution in [0.3, 0.4) is 0 Å². The number of halogens is 1. The van der Waals surface area contributed by atoms with Gasteiger partial charge in [0.15, 0.2) is 0 Å². The standard InChI is InChI=1S/C25H25ClN6O/c1-16-14-17(2)31-25(30-16)32-22-7-4-3-6-20(22)24(33)29-12-5-11-27-21-10-13-28-23-15-18(26)8-9-19(21)23/h3-4,6-10,13-15H,5,11-12H2,1-2H3,(H,27,28)(H,29,33)(H,30,31,32). The van der Waals surface area contributed by atoms with E-state index < -0.39 is 0 Å². The third-order valence-electron chi connectivity index (χ3n) is 5.06. The van der Waals surface area contributed by atoms with Crippen LogP contribution in [-0.4, -0.2) is 33.9 Å². The fourth-order valence-electron chi connectivity index (χ4n) is 3.58. The van der Waals surface area contributed by atoms with Crippen LogP contribution >= 0.6 is 11.6 Å². The summed E-state index contributed by atoms with van der Waals surface area (Å²) in [6, 6.07) is 16.8. The van der Waals surface area contributed by atoms with Gasteiger partial charge in [-0.3, -0.25) is 9.78 Å². The van der Waals surface area contributed by atoms with E-state index in [1.54, 1.807) is 12.3 Å².